The van der Waals surface area contributed by atoms with Gasteiger partial charge in [-0.25, -0.2) is 0 Å². The Kier molecular flexibility index (Phi) is 4.36. The summed E-state index contributed by atoms with van der Waals surface area (Å²) in [5, 5.41) is 0. The first-order valence-corrected chi connectivity index (χ1v) is 10.6. The van der Waals surface area contributed by atoms with Crippen molar-refractivity contribution < 1.29 is 14.3 Å². The van der Waals surface area contributed by atoms with Gasteiger partial charge in [0, 0.05) is 6.92 Å². The van der Waals surface area contributed by atoms with E-state index >= 15 is 0 Å². The van der Waals surface area contributed by atoms with Gasteiger partial charge in [0.15, 0.2) is 5.78 Å². The van der Waals surface area contributed by atoms with Crippen LogP contribution < -0.4 is 0 Å². The highest BCUT2D eigenvalue weighted by molar-refractivity contribution is 5.95. The third kappa shape index (κ3) is 2.60. The fourth-order valence-electron chi connectivity index (χ4n) is 7.67. The lowest BCUT2D eigenvalue weighted by molar-refractivity contribution is -0.159. The van der Waals surface area contributed by atoms with Gasteiger partial charge in [0.1, 0.15) is 6.10 Å². The standard InChI is InChI=1S/C23H34O3/c1-14(24)19-7-8-20-18-6-5-16-13-17(26-15(2)25)9-11-22(16,3)21(18)10-12-23(19,20)4/h7,16-18,20-21H,5-6,8-13H2,1-4H3/t16-,17+,18+,20-,21+,22-,23+/m0/s1. The second kappa shape index (κ2) is 6.21. The molecule has 0 amide bonds. The van der Waals surface area contributed by atoms with Gasteiger partial charge in [-0.3, -0.25) is 9.59 Å². The highest BCUT2D eigenvalue weighted by Crippen LogP contribution is 2.66. The van der Waals surface area contributed by atoms with Gasteiger partial charge >= 0.3 is 5.97 Å². The van der Waals surface area contributed by atoms with Gasteiger partial charge in [-0.1, -0.05) is 19.9 Å². The third-order valence-corrected chi connectivity index (χ3v) is 8.91. The highest BCUT2D eigenvalue weighted by atomic mass is 16.5. The fraction of sp³-hybridized carbons (Fsp3) is 0.826. The van der Waals surface area contributed by atoms with Gasteiger partial charge in [-0.15, -0.1) is 0 Å². The Morgan fingerprint density at radius 2 is 1.81 bits per heavy atom. The molecule has 144 valence electrons. The van der Waals surface area contributed by atoms with Gasteiger partial charge in [0.05, 0.1) is 0 Å². The highest BCUT2D eigenvalue weighted by Gasteiger charge is 2.59. The molecule has 0 N–H and O–H groups in total. The molecule has 0 aliphatic heterocycles. The zero-order chi connectivity index (χ0) is 18.7. The quantitative estimate of drug-likeness (QED) is 0.646. The summed E-state index contributed by atoms with van der Waals surface area (Å²) in [4.78, 5) is 23.5. The topological polar surface area (TPSA) is 43.4 Å². The minimum Gasteiger partial charge on any atom is -0.463 e. The molecule has 0 spiro atoms. The van der Waals surface area contributed by atoms with Crippen LogP contribution >= 0.6 is 0 Å². The summed E-state index contributed by atoms with van der Waals surface area (Å²) in [6, 6.07) is 0. The molecule has 26 heavy (non-hydrogen) atoms. The van der Waals surface area contributed by atoms with E-state index in [2.05, 4.69) is 19.9 Å². The molecule has 4 rings (SSSR count). The molecule has 0 heterocycles. The van der Waals surface area contributed by atoms with E-state index in [0.717, 1.165) is 36.7 Å². The summed E-state index contributed by atoms with van der Waals surface area (Å²) in [5.41, 5.74) is 1.62. The fourth-order valence-corrected chi connectivity index (χ4v) is 7.67. The van der Waals surface area contributed by atoms with E-state index in [-0.39, 0.29) is 23.3 Å². The third-order valence-electron chi connectivity index (χ3n) is 8.91. The van der Waals surface area contributed by atoms with E-state index in [1.54, 1.807) is 6.92 Å². The number of rotatable bonds is 2. The Morgan fingerprint density at radius 1 is 1.04 bits per heavy atom. The van der Waals surface area contributed by atoms with Crippen LogP contribution in [0.4, 0.5) is 0 Å². The number of fused-ring (bicyclic) bond motifs is 5. The minimum atomic E-state index is -0.130. The second-order valence-corrected chi connectivity index (χ2v) is 10.0. The molecular formula is C23H34O3. The summed E-state index contributed by atoms with van der Waals surface area (Å²) in [6.45, 7) is 8.17. The van der Waals surface area contributed by atoms with Crippen molar-refractivity contribution in [1.82, 2.24) is 0 Å². The lowest BCUT2D eigenvalue weighted by atomic mass is 9.44. The van der Waals surface area contributed by atoms with Crippen LogP contribution in [0.3, 0.4) is 0 Å². The first-order chi connectivity index (χ1) is 12.3. The molecule has 3 heteroatoms. The monoisotopic (exact) mass is 358 g/mol. The number of esters is 1. The molecule has 4 aliphatic rings. The van der Waals surface area contributed by atoms with E-state index in [1.807, 2.05) is 0 Å². The van der Waals surface area contributed by atoms with Gasteiger partial charge in [0.2, 0.25) is 0 Å². The number of carbonyl (C=O) groups excluding carboxylic acids is 2. The van der Waals surface area contributed by atoms with Crippen molar-refractivity contribution in [3.8, 4) is 0 Å². The molecule has 0 unspecified atom stereocenters. The van der Waals surface area contributed by atoms with Crippen LogP contribution in [-0.4, -0.2) is 17.9 Å². The van der Waals surface area contributed by atoms with Gasteiger partial charge in [0.25, 0.3) is 0 Å². The molecular weight excluding hydrogens is 324 g/mol. The first-order valence-electron chi connectivity index (χ1n) is 10.6. The summed E-state index contributed by atoms with van der Waals surface area (Å²) >= 11 is 0. The van der Waals surface area contributed by atoms with E-state index in [0.29, 0.717) is 17.3 Å². The van der Waals surface area contributed by atoms with Gasteiger partial charge in [-0.05, 0) is 98.4 Å². The maximum atomic E-state index is 12.2. The molecule has 7 atom stereocenters. The molecule has 0 aromatic heterocycles. The van der Waals surface area contributed by atoms with Crippen molar-refractivity contribution in [2.75, 3.05) is 0 Å². The summed E-state index contributed by atoms with van der Waals surface area (Å²) in [5.74, 6) is 3.03. The number of hydrogen-bond acceptors (Lipinski definition) is 3. The van der Waals surface area contributed by atoms with Gasteiger partial charge < -0.3 is 4.74 Å². The van der Waals surface area contributed by atoms with E-state index in [1.165, 1.54) is 39.0 Å². The maximum Gasteiger partial charge on any atom is 0.302 e. The van der Waals surface area contributed by atoms with Crippen molar-refractivity contribution in [2.24, 2.45) is 34.5 Å². The van der Waals surface area contributed by atoms with Crippen LogP contribution in [0.1, 0.15) is 79.1 Å². The average molecular weight is 359 g/mol. The van der Waals surface area contributed by atoms with Crippen LogP contribution in [0.5, 0.6) is 0 Å². The Balaban J connectivity index is 1.54. The van der Waals surface area contributed by atoms with Crippen molar-refractivity contribution >= 4 is 11.8 Å². The molecule has 3 fully saturated rings. The Hall–Kier alpha value is -1.12. The predicted molar refractivity (Wildman–Crippen MR) is 101 cm³/mol. The minimum absolute atomic E-state index is 0.116. The van der Waals surface area contributed by atoms with Crippen LogP contribution in [0.15, 0.2) is 11.6 Å². The SMILES string of the molecule is CC(=O)O[C@@H]1CC[C@@]2(C)[C@@H](CC[C@H]3[C@H]2CC[C@]2(C)C(C(C)=O)=CC[C@@H]32)C1. The van der Waals surface area contributed by atoms with E-state index in [9.17, 15) is 9.59 Å². The zero-order valence-corrected chi connectivity index (χ0v) is 16.8. The van der Waals surface area contributed by atoms with Gasteiger partial charge in [-0.2, -0.15) is 0 Å². The Bertz CT molecular complexity index is 650. The number of ketones is 1. The molecule has 0 aromatic rings. The Morgan fingerprint density at radius 3 is 2.50 bits per heavy atom. The predicted octanol–water partition coefficient (Wildman–Crippen LogP) is 5.09. The van der Waals surface area contributed by atoms with E-state index in [4.69, 9.17) is 4.74 Å². The average Bonchev–Trinajstić information content (AvgIpc) is 2.92. The van der Waals surface area contributed by atoms with Crippen molar-refractivity contribution in [3.63, 3.8) is 0 Å². The smallest absolute Gasteiger partial charge is 0.302 e. The number of carbonyl (C=O) groups is 2. The lowest BCUT2D eigenvalue weighted by Gasteiger charge is -2.60. The van der Waals surface area contributed by atoms with Crippen LogP contribution in [-0.2, 0) is 14.3 Å². The zero-order valence-electron chi connectivity index (χ0n) is 16.8. The first kappa shape index (κ1) is 18.3. The largest absolute Gasteiger partial charge is 0.463 e. The number of ether oxygens (including phenoxy) is 1. The maximum absolute atomic E-state index is 12.2. The normalized spacial score (nSPS) is 47.2. The number of hydrogen-bond donors (Lipinski definition) is 0. The molecule has 4 aliphatic carbocycles. The van der Waals surface area contributed by atoms with E-state index < -0.39 is 0 Å². The lowest BCUT2D eigenvalue weighted by Crippen LogP contribution is -2.54. The summed E-state index contributed by atoms with van der Waals surface area (Å²) in [6.07, 6.45) is 11.7. The molecule has 3 saturated carbocycles. The van der Waals surface area contributed by atoms with Crippen molar-refractivity contribution in [3.05, 3.63) is 11.6 Å². The molecule has 0 radical (unpaired) electrons. The van der Waals surface area contributed by atoms with Crippen molar-refractivity contribution in [1.29, 1.82) is 0 Å². The summed E-state index contributed by atoms with van der Waals surface area (Å²) < 4.78 is 5.56. The molecule has 0 bridgehead atoms. The molecule has 0 aromatic carbocycles. The number of allylic oxidation sites excluding steroid dienone is 2. The van der Waals surface area contributed by atoms with Crippen LogP contribution in [0.2, 0.25) is 0 Å². The number of Topliss-reactive ketones (excluding diaryl/α,β-unsaturated/α-hetero) is 1. The van der Waals surface area contributed by atoms with Crippen molar-refractivity contribution in [2.45, 2.75) is 85.2 Å². The van der Waals surface area contributed by atoms with Crippen LogP contribution in [0, 0.1) is 34.5 Å². The second-order valence-electron chi connectivity index (χ2n) is 10.0. The molecule has 0 saturated heterocycles. The summed E-state index contributed by atoms with van der Waals surface area (Å²) in [7, 11) is 0. The molecule has 3 nitrogen and oxygen atoms in total. The Labute approximate surface area is 157 Å². The van der Waals surface area contributed by atoms with Crippen LogP contribution in [0.25, 0.3) is 0 Å².